The predicted molar refractivity (Wildman–Crippen MR) is 80.2 cm³/mol. The summed E-state index contributed by atoms with van der Waals surface area (Å²) in [6.07, 6.45) is 1.10. The lowest BCUT2D eigenvalue weighted by Gasteiger charge is -2.15. The molecule has 4 heteroatoms. The van der Waals surface area contributed by atoms with Gasteiger partial charge in [-0.3, -0.25) is 9.59 Å². The molecule has 2 rings (SSSR count). The van der Waals surface area contributed by atoms with Crippen molar-refractivity contribution in [3.05, 3.63) is 71.3 Å². The van der Waals surface area contributed by atoms with E-state index in [1.807, 2.05) is 36.4 Å². The molecule has 21 heavy (non-hydrogen) atoms. The summed E-state index contributed by atoms with van der Waals surface area (Å²) in [6.45, 7) is 0.491. The van der Waals surface area contributed by atoms with Gasteiger partial charge < -0.3 is 10.4 Å². The number of hydrogen-bond acceptors (Lipinski definition) is 3. The van der Waals surface area contributed by atoms with Crippen LogP contribution in [-0.4, -0.2) is 23.4 Å². The Bertz CT molecular complexity index is 610. The molecule has 0 heterocycles. The van der Waals surface area contributed by atoms with Gasteiger partial charge in [0.25, 0.3) is 0 Å². The summed E-state index contributed by atoms with van der Waals surface area (Å²) in [4.78, 5) is 22.1. The van der Waals surface area contributed by atoms with Crippen LogP contribution in [0.3, 0.4) is 0 Å². The van der Waals surface area contributed by atoms with Crippen LogP contribution in [0.25, 0.3) is 0 Å². The van der Waals surface area contributed by atoms with E-state index in [-0.39, 0.29) is 0 Å². The second kappa shape index (κ2) is 7.36. The van der Waals surface area contributed by atoms with Crippen molar-refractivity contribution >= 4 is 12.3 Å². The Hall–Kier alpha value is -2.46. The van der Waals surface area contributed by atoms with Crippen LogP contribution in [0.4, 0.5) is 0 Å². The van der Waals surface area contributed by atoms with Crippen molar-refractivity contribution in [1.29, 1.82) is 0 Å². The highest BCUT2D eigenvalue weighted by atomic mass is 16.4. The summed E-state index contributed by atoms with van der Waals surface area (Å²) < 4.78 is 0. The molecule has 108 valence electrons. The maximum atomic E-state index is 11.3. The number of rotatable bonds is 7. The van der Waals surface area contributed by atoms with Gasteiger partial charge >= 0.3 is 5.97 Å². The van der Waals surface area contributed by atoms with Crippen LogP contribution in [0, 0.1) is 0 Å². The van der Waals surface area contributed by atoms with Crippen LogP contribution >= 0.6 is 0 Å². The summed E-state index contributed by atoms with van der Waals surface area (Å²) in [5, 5.41) is 12.3. The van der Waals surface area contributed by atoms with Gasteiger partial charge in [-0.2, -0.15) is 0 Å². The summed E-state index contributed by atoms with van der Waals surface area (Å²) in [6, 6.07) is 16.0. The lowest BCUT2D eigenvalue weighted by molar-refractivity contribution is -0.139. The maximum Gasteiger partial charge on any atom is 0.321 e. The number of carboxylic acid groups (broad SMARTS) is 1. The van der Waals surface area contributed by atoms with Crippen LogP contribution < -0.4 is 5.32 Å². The fourth-order valence-corrected chi connectivity index (χ4v) is 2.11. The molecule has 0 saturated heterocycles. The zero-order valence-electron chi connectivity index (χ0n) is 11.5. The fraction of sp³-hybridized carbons (Fsp3) is 0.176. The zero-order valence-corrected chi connectivity index (χ0v) is 11.5. The first-order chi connectivity index (χ1) is 10.2. The van der Waals surface area contributed by atoms with E-state index in [1.54, 1.807) is 18.2 Å². The molecule has 2 aromatic carbocycles. The molecule has 0 fully saturated rings. The largest absolute Gasteiger partial charge is 0.480 e. The first-order valence-corrected chi connectivity index (χ1v) is 6.73. The molecule has 0 spiro atoms. The quantitative estimate of drug-likeness (QED) is 0.765. The molecule has 0 aliphatic rings. The van der Waals surface area contributed by atoms with E-state index in [0.717, 1.165) is 17.4 Å². The van der Waals surface area contributed by atoms with Gasteiger partial charge in [0.15, 0.2) is 0 Å². The molecule has 0 aliphatic heterocycles. The molecule has 0 unspecified atom stereocenters. The Morgan fingerprint density at radius 2 is 1.81 bits per heavy atom. The van der Waals surface area contributed by atoms with Gasteiger partial charge in [0.05, 0.1) is 0 Å². The van der Waals surface area contributed by atoms with Gasteiger partial charge in [-0.15, -0.1) is 0 Å². The van der Waals surface area contributed by atoms with E-state index in [1.165, 1.54) is 0 Å². The summed E-state index contributed by atoms with van der Waals surface area (Å²) in [7, 11) is 0. The SMILES string of the molecule is O=Cc1cccc(C[C@H](NCc2ccccc2)C(=O)O)c1. The highest BCUT2D eigenvalue weighted by Gasteiger charge is 2.17. The molecule has 0 aliphatic carbocycles. The second-order valence-electron chi connectivity index (χ2n) is 4.82. The molecule has 1 atom stereocenters. The third-order valence-electron chi connectivity index (χ3n) is 3.22. The summed E-state index contributed by atoms with van der Waals surface area (Å²) in [5.41, 5.74) is 2.41. The number of aliphatic carboxylic acids is 1. The average molecular weight is 283 g/mol. The van der Waals surface area contributed by atoms with Crippen LogP contribution in [0.1, 0.15) is 21.5 Å². The van der Waals surface area contributed by atoms with E-state index in [0.29, 0.717) is 18.5 Å². The monoisotopic (exact) mass is 283 g/mol. The van der Waals surface area contributed by atoms with Gasteiger partial charge in [-0.1, -0.05) is 48.5 Å². The molecule has 2 N–H and O–H groups in total. The molecule has 4 nitrogen and oxygen atoms in total. The van der Waals surface area contributed by atoms with Crippen molar-refractivity contribution in [2.45, 2.75) is 19.0 Å². The fourth-order valence-electron chi connectivity index (χ4n) is 2.11. The highest BCUT2D eigenvalue weighted by Crippen LogP contribution is 2.08. The van der Waals surface area contributed by atoms with Crippen LogP contribution in [-0.2, 0) is 17.8 Å². The highest BCUT2D eigenvalue weighted by molar-refractivity contribution is 5.76. The Labute approximate surface area is 123 Å². The van der Waals surface area contributed by atoms with Crippen molar-refractivity contribution in [3.63, 3.8) is 0 Å². The zero-order chi connectivity index (χ0) is 15.1. The van der Waals surface area contributed by atoms with Gasteiger partial charge in [0.2, 0.25) is 0 Å². The smallest absolute Gasteiger partial charge is 0.321 e. The number of benzene rings is 2. The Balaban J connectivity index is 2.01. The topological polar surface area (TPSA) is 66.4 Å². The van der Waals surface area contributed by atoms with Crippen molar-refractivity contribution in [3.8, 4) is 0 Å². The van der Waals surface area contributed by atoms with Crippen LogP contribution in [0.2, 0.25) is 0 Å². The van der Waals surface area contributed by atoms with Crippen molar-refractivity contribution in [1.82, 2.24) is 5.32 Å². The van der Waals surface area contributed by atoms with Crippen LogP contribution in [0.5, 0.6) is 0 Å². The molecule has 0 aromatic heterocycles. The lowest BCUT2D eigenvalue weighted by Crippen LogP contribution is -2.38. The van der Waals surface area contributed by atoms with E-state index in [9.17, 15) is 14.7 Å². The number of carbonyl (C=O) groups is 2. The minimum absolute atomic E-state index is 0.337. The van der Waals surface area contributed by atoms with Crippen molar-refractivity contribution in [2.24, 2.45) is 0 Å². The molecular weight excluding hydrogens is 266 g/mol. The van der Waals surface area contributed by atoms with Crippen LogP contribution in [0.15, 0.2) is 54.6 Å². The minimum atomic E-state index is -0.901. The molecule has 0 amide bonds. The minimum Gasteiger partial charge on any atom is -0.480 e. The van der Waals surface area contributed by atoms with E-state index in [4.69, 9.17) is 0 Å². The third-order valence-corrected chi connectivity index (χ3v) is 3.22. The standard InChI is InChI=1S/C17H17NO3/c19-12-15-8-4-7-14(9-15)10-16(17(20)21)18-11-13-5-2-1-3-6-13/h1-9,12,16,18H,10-11H2,(H,20,21)/t16-/m0/s1. The Morgan fingerprint density at radius 3 is 2.48 bits per heavy atom. The molecule has 0 saturated carbocycles. The number of carbonyl (C=O) groups excluding carboxylic acids is 1. The normalized spacial score (nSPS) is 11.8. The lowest BCUT2D eigenvalue weighted by atomic mass is 10.0. The molecule has 2 aromatic rings. The van der Waals surface area contributed by atoms with E-state index in [2.05, 4.69) is 5.32 Å². The summed E-state index contributed by atoms with van der Waals surface area (Å²) >= 11 is 0. The number of aldehydes is 1. The van der Waals surface area contributed by atoms with Crippen molar-refractivity contribution in [2.75, 3.05) is 0 Å². The van der Waals surface area contributed by atoms with E-state index >= 15 is 0 Å². The maximum absolute atomic E-state index is 11.3. The van der Waals surface area contributed by atoms with Gasteiger partial charge in [0.1, 0.15) is 12.3 Å². The van der Waals surface area contributed by atoms with E-state index < -0.39 is 12.0 Å². The van der Waals surface area contributed by atoms with Gasteiger partial charge in [0, 0.05) is 12.1 Å². The Morgan fingerprint density at radius 1 is 1.10 bits per heavy atom. The number of nitrogens with one attached hydrogen (secondary N) is 1. The predicted octanol–water partition coefficient (Wildman–Crippen LogP) is 2.28. The Kier molecular flexibility index (Phi) is 5.23. The first kappa shape index (κ1) is 14.9. The average Bonchev–Trinajstić information content (AvgIpc) is 2.52. The molecular formula is C17H17NO3. The van der Waals surface area contributed by atoms with Gasteiger partial charge in [-0.25, -0.2) is 0 Å². The molecule has 0 bridgehead atoms. The summed E-state index contributed by atoms with van der Waals surface area (Å²) in [5.74, 6) is -0.901. The number of hydrogen-bond donors (Lipinski definition) is 2. The second-order valence-corrected chi connectivity index (χ2v) is 4.82. The van der Waals surface area contributed by atoms with Crippen molar-refractivity contribution < 1.29 is 14.7 Å². The first-order valence-electron chi connectivity index (χ1n) is 6.73. The molecule has 0 radical (unpaired) electrons. The third kappa shape index (κ3) is 4.54. The van der Waals surface area contributed by atoms with Gasteiger partial charge in [-0.05, 0) is 23.6 Å². The number of carboxylic acids is 1.